The molecule has 0 heterocycles. The van der Waals surface area contributed by atoms with Crippen LogP contribution in [-0.2, 0) is 11.2 Å². The number of Topliss-reactive ketones (excluding diaryl/α,β-unsaturated/α-hetero) is 1. The highest BCUT2D eigenvalue weighted by atomic mass is 16.3. The van der Waals surface area contributed by atoms with E-state index in [0.717, 1.165) is 11.1 Å². The third kappa shape index (κ3) is 1.64. The van der Waals surface area contributed by atoms with Crippen LogP contribution in [0.25, 0.3) is 5.76 Å². The smallest absolute Gasteiger partial charge is 0.167 e. The third-order valence-electron chi connectivity index (χ3n) is 2.89. The monoisotopic (exact) mass is 216 g/mol. The van der Waals surface area contributed by atoms with Crippen molar-refractivity contribution >= 4 is 11.5 Å². The van der Waals surface area contributed by atoms with Crippen LogP contribution in [0.4, 0.5) is 0 Å². The van der Waals surface area contributed by atoms with Crippen LogP contribution in [0, 0.1) is 5.41 Å². The number of carbonyl (C=O) groups is 1. The molecule has 0 amide bonds. The van der Waals surface area contributed by atoms with Gasteiger partial charge < -0.3 is 5.11 Å². The van der Waals surface area contributed by atoms with E-state index in [1.165, 1.54) is 0 Å². The number of hydrogen-bond acceptors (Lipinski definition) is 2. The zero-order chi connectivity index (χ0) is 11.9. The number of ketones is 1. The Balaban J connectivity index is 2.66. The molecule has 16 heavy (non-hydrogen) atoms. The topological polar surface area (TPSA) is 37.3 Å². The molecule has 1 aliphatic carbocycles. The summed E-state index contributed by atoms with van der Waals surface area (Å²) in [6.07, 6.45) is 0.396. The maximum Gasteiger partial charge on any atom is 0.167 e. The summed E-state index contributed by atoms with van der Waals surface area (Å²) in [7, 11) is 0. The van der Waals surface area contributed by atoms with E-state index in [0.29, 0.717) is 12.0 Å². The molecule has 2 heteroatoms. The highest BCUT2D eigenvalue weighted by Gasteiger charge is 2.32. The van der Waals surface area contributed by atoms with E-state index < -0.39 is 0 Å². The number of carbonyl (C=O) groups excluding carboxylic acids is 1. The summed E-state index contributed by atoms with van der Waals surface area (Å²) < 4.78 is 0. The van der Waals surface area contributed by atoms with Gasteiger partial charge in [-0.2, -0.15) is 0 Å². The molecule has 0 atom stereocenters. The number of allylic oxidation sites excluding steroid dienone is 1. The second kappa shape index (κ2) is 3.48. The number of aliphatic hydroxyl groups is 1. The van der Waals surface area contributed by atoms with E-state index in [1.807, 2.05) is 45.0 Å². The van der Waals surface area contributed by atoms with Crippen LogP contribution in [0.3, 0.4) is 0 Å². The summed E-state index contributed by atoms with van der Waals surface area (Å²) in [6.45, 7) is 5.85. The fourth-order valence-electron chi connectivity index (χ4n) is 2.21. The van der Waals surface area contributed by atoms with Gasteiger partial charge in [-0.05, 0) is 11.0 Å². The summed E-state index contributed by atoms with van der Waals surface area (Å²) in [5.74, 6) is 0.183. The zero-order valence-corrected chi connectivity index (χ0v) is 9.87. The molecule has 0 unspecified atom stereocenters. The minimum absolute atomic E-state index is 0.0312. The molecule has 0 radical (unpaired) electrons. The van der Waals surface area contributed by atoms with E-state index in [4.69, 9.17) is 0 Å². The van der Waals surface area contributed by atoms with E-state index in [2.05, 4.69) is 0 Å². The molecule has 0 aliphatic heterocycles. The highest BCUT2D eigenvalue weighted by Crippen LogP contribution is 2.37. The van der Waals surface area contributed by atoms with Gasteiger partial charge in [0.2, 0.25) is 0 Å². The van der Waals surface area contributed by atoms with Gasteiger partial charge in [-0.15, -0.1) is 0 Å². The average molecular weight is 216 g/mol. The fraction of sp³-hybridized carbons (Fsp3) is 0.357. The van der Waals surface area contributed by atoms with Crippen molar-refractivity contribution in [2.24, 2.45) is 5.41 Å². The number of rotatable bonds is 0. The van der Waals surface area contributed by atoms with Gasteiger partial charge in [0.25, 0.3) is 0 Å². The molecule has 0 saturated heterocycles. The summed E-state index contributed by atoms with van der Waals surface area (Å²) in [6, 6.07) is 7.53. The van der Waals surface area contributed by atoms with Crippen molar-refractivity contribution in [1.82, 2.24) is 0 Å². The fourth-order valence-corrected chi connectivity index (χ4v) is 2.21. The molecule has 1 aliphatic rings. The minimum atomic E-state index is -0.311. The Morgan fingerprint density at radius 1 is 1.19 bits per heavy atom. The second-order valence-electron chi connectivity index (χ2n) is 5.23. The lowest BCUT2D eigenvalue weighted by Crippen LogP contribution is -2.25. The minimum Gasteiger partial charge on any atom is -0.507 e. The predicted octanol–water partition coefficient (Wildman–Crippen LogP) is 3.13. The zero-order valence-electron chi connectivity index (χ0n) is 9.87. The Morgan fingerprint density at radius 3 is 2.44 bits per heavy atom. The van der Waals surface area contributed by atoms with Gasteiger partial charge in [0.05, 0.1) is 0 Å². The van der Waals surface area contributed by atoms with Gasteiger partial charge >= 0.3 is 0 Å². The molecule has 0 bridgehead atoms. The lowest BCUT2D eigenvalue weighted by molar-refractivity contribution is -0.116. The Hall–Kier alpha value is -1.57. The first-order chi connectivity index (χ1) is 7.41. The van der Waals surface area contributed by atoms with Crippen molar-refractivity contribution in [2.75, 3.05) is 0 Å². The Labute approximate surface area is 95.6 Å². The van der Waals surface area contributed by atoms with E-state index in [-0.39, 0.29) is 17.0 Å². The van der Waals surface area contributed by atoms with Crippen LogP contribution in [0.5, 0.6) is 0 Å². The third-order valence-corrected chi connectivity index (χ3v) is 2.89. The molecule has 0 spiro atoms. The average Bonchev–Trinajstić information content (AvgIpc) is 2.15. The van der Waals surface area contributed by atoms with Crippen molar-refractivity contribution < 1.29 is 9.90 Å². The first kappa shape index (κ1) is 10.9. The van der Waals surface area contributed by atoms with Crippen LogP contribution in [-0.4, -0.2) is 10.9 Å². The van der Waals surface area contributed by atoms with Crippen LogP contribution >= 0.6 is 0 Å². The maximum absolute atomic E-state index is 12.0. The highest BCUT2D eigenvalue weighted by molar-refractivity contribution is 6.06. The Morgan fingerprint density at radius 2 is 1.81 bits per heavy atom. The summed E-state index contributed by atoms with van der Waals surface area (Å²) in [5, 5.41) is 10.2. The molecule has 84 valence electrons. The van der Waals surface area contributed by atoms with Crippen LogP contribution in [0.1, 0.15) is 31.9 Å². The number of benzene rings is 1. The summed E-state index contributed by atoms with van der Waals surface area (Å²) >= 11 is 0. The van der Waals surface area contributed by atoms with Gasteiger partial charge in [-0.3, -0.25) is 4.79 Å². The summed E-state index contributed by atoms with van der Waals surface area (Å²) in [4.78, 5) is 12.0. The van der Waals surface area contributed by atoms with E-state index >= 15 is 0 Å². The normalized spacial score (nSPS) is 16.3. The number of hydrogen-bond donors (Lipinski definition) is 1. The van der Waals surface area contributed by atoms with Crippen LogP contribution in [0.2, 0.25) is 0 Å². The first-order valence-electron chi connectivity index (χ1n) is 5.46. The quantitative estimate of drug-likeness (QED) is 0.723. The van der Waals surface area contributed by atoms with Crippen molar-refractivity contribution in [3.63, 3.8) is 0 Å². The molecular weight excluding hydrogens is 200 g/mol. The lowest BCUT2D eigenvalue weighted by Gasteiger charge is -2.27. The first-order valence-corrected chi connectivity index (χ1v) is 5.46. The predicted molar refractivity (Wildman–Crippen MR) is 64.2 cm³/mol. The molecule has 0 aromatic heterocycles. The number of aliphatic hydroxyl groups excluding tert-OH is 1. The molecule has 2 rings (SSSR count). The Kier molecular flexibility index (Phi) is 2.38. The van der Waals surface area contributed by atoms with Gasteiger partial charge in [-0.1, -0.05) is 45.0 Å². The van der Waals surface area contributed by atoms with Gasteiger partial charge in [0.15, 0.2) is 5.78 Å². The summed E-state index contributed by atoms with van der Waals surface area (Å²) in [5.41, 5.74) is 1.95. The maximum atomic E-state index is 12.0. The van der Waals surface area contributed by atoms with Gasteiger partial charge in [-0.25, -0.2) is 0 Å². The van der Waals surface area contributed by atoms with Crippen molar-refractivity contribution in [1.29, 1.82) is 0 Å². The molecule has 1 N–H and O–H groups in total. The SMILES string of the molecule is CC(C)(C)C1=C(O)c2ccccc2CC1=O. The number of fused-ring (bicyclic) bond motifs is 1. The largest absolute Gasteiger partial charge is 0.507 e. The molecule has 1 aromatic rings. The standard InChI is InChI=1S/C14H16O2/c1-14(2,3)12-11(15)8-9-6-4-5-7-10(9)13(12)16/h4-7,16H,8H2,1-3H3. The van der Waals surface area contributed by atoms with Gasteiger partial charge in [0.1, 0.15) is 5.76 Å². The molecule has 1 aromatic carbocycles. The Bertz CT molecular complexity index is 476. The molecular formula is C14H16O2. The molecule has 2 nitrogen and oxygen atoms in total. The van der Waals surface area contributed by atoms with Crippen molar-refractivity contribution in [2.45, 2.75) is 27.2 Å². The second-order valence-corrected chi connectivity index (χ2v) is 5.23. The van der Waals surface area contributed by atoms with Gasteiger partial charge in [0, 0.05) is 17.6 Å². The van der Waals surface area contributed by atoms with E-state index in [1.54, 1.807) is 0 Å². The van der Waals surface area contributed by atoms with Crippen molar-refractivity contribution in [3.8, 4) is 0 Å². The van der Waals surface area contributed by atoms with Crippen molar-refractivity contribution in [3.05, 3.63) is 41.0 Å². The molecule has 0 saturated carbocycles. The lowest BCUT2D eigenvalue weighted by atomic mass is 9.76. The van der Waals surface area contributed by atoms with Crippen LogP contribution < -0.4 is 0 Å². The molecule has 0 fully saturated rings. The van der Waals surface area contributed by atoms with E-state index in [9.17, 15) is 9.90 Å². The van der Waals surface area contributed by atoms with Crippen LogP contribution in [0.15, 0.2) is 29.8 Å².